The average molecular weight is 207 g/mol. The summed E-state index contributed by atoms with van der Waals surface area (Å²) in [6.07, 6.45) is 2.82. The molecule has 74 valence electrons. The first-order valence-electron chi connectivity index (χ1n) is 4.68. The van der Waals surface area contributed by atoms with Gasteiger partial charge in [-0.1, -0.05) is 18.2 Å². The van der Waals surface area contributed by atoms with Gasteiger partial charge < -0.3 is 9.73 Å². The molecule has 0 bridgehead atoms. The summed E-state index contributed by atoms with van der Waals surface area (Å²) in [6, 6.07) is 8.11. The van der Waals surface area contributed by atoms with Gasteiger partial charge in [0, 0.05) is 17.8 Å². The van der Waals surface area contributed by atoms with Crippen LogP contribution in [0.1, 0.15) is 5.56 Å². The van der Waals surface area contributed by atoms with Crippen LogP contribution in [0.2, 0.25) is 0 Å². The van der Waals surface area contributed by atoms with Crippen LogP contribution in [0.25, 0.3) is 11.0 Å². The summed E-state index contributed by atoms with van der Waals surface area (Å²) in [5, 5.41) is 4.39. The SMILES string of the molecule is SCNCCc1coc2ccccc12. The van der Waals surface area contributed by atoms with Crippen molar-refractivity contribution < 1.29 is 4.42 Å². The van der Waals surface area contributed by atoms with Crippen molar-refractivity contribution in [2.75, 3.05) is 12.4 Å². The van der Waals surface area contributed by atoms with Crippen LogP contribution in [-0.2, 0) is 6.42 Å². The summed E-state index contributed by atoms with van der Waals surface area (Å²) >= 11 is 4.09. The van der Waals surface area contributed by atoms with E-state index in [4.69, 9.17) is 4.42 Å². The van der Waals surface area contributed by atoms with Crippen LogP contribution in [0.15, 0.2) is 34.9 Å². The molecule has 0 spiro atoms. The lowest BCUT2D eigenvalue weighted by Gasteiger charge is -1.98. The summed E-state index contributed by atoms with van der Waals surface area (Å²) < 4.78 is 5.43. The molecule has 0 saturated heterocycles. The van der Waals surface area contributed by atoms with Gasteiger partial charge in [-0.15, -0.1) is 0 Å². The molecular weight excluding hydrogens is 194 g/mol. The normalized spacial score (nSPS) is 10.9. The van der Waals surface area contributed by atoms with E-state index in [0.717, 1.165) is 24.4 Å². The molecule has 0 aliphatic heterocycles. The first-order valence-corrected chi connectivity index (χ1v) is 5.32. The summed E-state index contributed by atoms with van der Waals surface area (Å²) in [6.45, 7) is 0.938. The van der Waals surface area contributed by atoms with Crippen LogP contribution >= 0.6 is 12.6 Å². The van der Waals surface area contributed by atoms with E-state index in [-0.39, 0.29) is 0 Å². The second-order valence-electron chi connectivity index (χ2n) is 3.17. The Morgan fingerprint density at radius 3 is 3.00 bits per heavy atom. The smallest absolute Gasteiger partial charge is 0.134 e. The topological polar surface area (TPSA) is 25.2 Å². The predicted molar refractivity (Wildman–Crippen MR) is 61.8 cm³/mol. The highest BCUT2D eigenvalue weighted by molar-refractivity contribution is 7.80. The minimum Gasteiger partial charge on any atom is -0.464 e. The van der Waals surface area contributed by atoms with Crippen LogP contribution < -0.4 is 5.32 Å². The van der Waals surface area contributed by atoms with Crippen molar-refractivity contribution in [2.24, 2.45) is 0 Å². The van der Waals surface area contributed by atoms with Gasteiger partial charge in [0.05, 0.1) is 6.26 Å². The lowest BCUT2D eigenvalue weighted by Crippen LogP contribution is -2.14. The Morgan fingerprint density at radius 2 is 2.14 bits per heavy atom. The van der Waals surface area contributed by atoms with E-state index in [2.05, 4.69) is 24.0 Å². The Labute approximate surface area is 88.7 Å². The molecule has 1 N–H and O–H groups in total. The van der Waals surface area contributed by atoms with Crippen molar-refractivity contribution in [2.45, 2.75) is 6.42 Å². The third-order valence-corrected chi connectivity index (χ3v) is 2.47. The number of rotatable bonds is 4. The molecule has 0 aliphatic rings. The maximum Gasteiger partial charge on any atom is 0.134 e. The number of nitrogens with one attached hydrogen (secondary N) is 1. The van der Waals surface area contributed by atoms with Gasteiger partial charge in [0.2, 0.25) is 0 Å². The molecule has 2 aromatic rings. The van der Waals surface area contributed by atoms with Crippen LogP contribution in [-0.4, -0.2) is 12.4 Å². The fourth-order valence-electron chi connectivity index (χ4n) is 1.53. The van der Waals surface area contributed by atoms with Gasteiger partial charge >= 0.3 is 0 Å². The molecule has 2 rings (SSSR count). The Morgan fingerprint density at radius 1 is 1.29 bits per heavy atom. The molecule has 1 aromatic heterocycles. The molecule has 1 heterocycles. The van der Waals surface area contributed by atoms with Crippen LogP contribution in [0.5, 0.6) is 0 Å². The molecule has 0 unspecified atom stereocenters. The van der Waals surface area contributed by atoms with Crippen molar-refractivity contribution in [3.8, 4) is 0 Å². The van der Waals surface area contributed by atoms with Crippen LogP contribution in [0.4, 0.5) is 0 Å². The number of benzene rings is 1. The Balaban J connectivity index is 2.17. The van der Waals surface area contributed by atoms with Crippen molar-refractivity contribution in [3.05, 3.63) is 36.1 Å². The molecule has 0 radical (unpaired) electrons. The zero-order chi connectivity index (χ0) is 9.80. The molecule has 0 aliphatic carbocycles. The number of fused-ring (bicyclic) bond motifs is 1. The van der Waals surface area contributed by atoms with Crippen molar-refractivity contribution in [1.82, 2.24) is 5.32 Å². The van der Waals surface area contributed by atoms with Gasteiger partial charge in [0.25, 0.3) is 0 Å². The molecule has 0 atom stereocenters. The number of thiol groups is 1. The highest BCUT2D eigenvalue weighted by atomic mass is 32.1. The number of para-hydroxylation sites is 1. The third kappa shape index (κ3) is 1.94. The molecule has 1 aromatic carbocycles. The second kappa shape index (κ2) is 4.53. The first kappa shape index (κ1) is 9.62. The minimum atomic E-state index is 0.718. The van der Waals surface area contributed by atoms with Gasteiger partial charge in [0.1, 0.15) is 5.58 Å². The highest BCUT2D eigenvalue weighted by Crippen LogP contribution is 2.20. The lowest BCUT2D eigenvalue weighted by atomic mass is 10.1. The van der Waals surface area contributed by atoms with Gasteiger partial charge in [-0.25, -0.2) is 0 Å². The number of hydrogen-bond donors (Lipinski definition) is 2. The van der Waals surface area contributed by atoms with E-state index in [0.29, 0.717) is 0 Å². The predicted octanol–water partition coefficient (Wildman–Crippen LogP) is 2.45. The summed E-state index contributed by atoms with van der Waals surface area (Å²) in [5.41, 5.74) is 2.23. The fourth-order valence-corrected chi connectivity index (χ4v) is 1.69. The zero-order valence-corrected chi connectivity index (χ0v) is 8.76. The van der Waals surface area contributed by atoms with Crippen molar-refractivity contribution >= 4 is 23.6 Å². The summed E-state index contributed by atoms with van der Waals surface area (Å²) in [5.74, 6) is 0.718. The molecule has 0 fully saturated rings. The average Bonchev–Trinajstić information content (AvgIpc) is 2.63. The molecule has 14 heavy (non-hydrogen) atoms. The van der Waals surface area contributed by atoms with Gasteiger partial charge in [-0.2, -0.15) is 12.6 Å². The third-order valence-electron chi connectivity index (χ3n) is 2.24. The zero-order valence-electron chi connectivity index (χ0n) is 7.86. The summed E-state index contributed by atoms with van der Waals surface area (Å²) in [4.78, 5) is 0. The molecule has 0 amide bonds. The van der Waals surface area contributed by atoms with Crippen LogP contribution in [0, 0.1) is 0 Å². The largest absolute Gasteiger partial charge is 0.464 e. The number of hydrogen-bond acceptors (Lipinski definition) is 3. The Bertz CT molecular complexity index is 410. The summed E-state index contributed by atoms with van der Waals surface area (Å²) in [7, 11) is 0. The van der Waals surface area contributed by atoms with E-state index < -0.39 is 0 Å². The van der Waals surface area contributed by atoms with E-state index in [1.807, 2.05) is 24.5 Å². The molecule has 0 saturated carbocycles. The van der Waals surface area contributed by atoms with E-state index in [1.54, 1.807) is 0 Å². The minimum absolute atomic E-state index is 0.718. The van der Waals surface area contributed by atoms with Crippen molar-refractivity contribution in [3.63, 3.8) is 0 Å². The standard InChI is InChI=1S/C11H13NOS/c14-8-12-6-5-9-7-13-11-4-2-1-3-10(9)11/h1-4,7,12,14H,5-6,8H2. The maximum absolute atomic E-state index is 5.43. The molecule has 2 nitrogen and oxygen atoms in total. The Hall–Kier alpha value is -0.930. The second-order valence-corrected chi connectivity index (χ2v) is 3.48. The monoisotopic (exact) mass is 207 g/mol. The van der Waals surface area contributed by atoms with Crippen LogP contribution in [0.3, 0.4) is 0 Å². The van der Waals surface area contributed by atoms with Crippen molar-refractivity contribution in [1.29, 1.82) is 0 Å². The fraction of sp³-hybridized carbons (Fsp3) is 0.273. The van der Waals surface area contributed by atoms with Gasteiger partial charge in [-0.3, -0.25) is 0 Å². The van der Waals surface area contributed by atoms with Gasteiger partial charge in [-0.05, 0) is 18.1 Å². The Kier molecular flexibility index (Phi) is 3.11. The number of furan rings is 1. The van der Waals surface area contributed by atoms with Gasteiger partial charge in [0.15, 0.2) is 0 Å². The lowest BCUT2D eigenvalue weighted by molar-refractivity contribution is 0.608. The van der Waals surface area contributed by atoms with E-state index in [9.17, 15) is 0 Å². The van der Waals surface area contributed by atoms with E-state index >= 15 is 0 Å². The molecular formula is C11H13NOS. The van der Waals surface area contributed by atoms with E-state index in [1.165, 1.54) is 10.9 Å². The quantitative estimate of drug-likeness (QED) is 0.457. The maximum atomic E-state index is 5.43. The first-order chi connectivity index (χ1) is 6.92. The molecule has 3 heteroatoms. The highest BCUT2D eigenvalue weighted by Gasteiger charge is 2.03.